The van der Waals surface area contributed by atoms with E-state index in [1.165, 1.54) is 38.5 Å². The van der Waals surface area contributed by atoms with Crippen LogP contribution in [0.4, 0.5) is 8.78 Å². The van der Waals surface area contributed by atoms with Gasteiger partial charge in [-0.1, -0.05) is 24.3 Å². The minimum Gasteiger partial charge on any atom is -0.497 e. The largest absolute Gasteiger partial charge is 0.497 e. The molecule has 0 aromatic heterocycles. The Bertz CT molecular complexity index is 1160. The molecule has 0 radical (unpaired) electrons. The van der Waals surface area contributed by atoms with E-state index in [0.717, 1.165) is 98.7 Å². The molecule has 6 aliphatic carbocycles. The van der Waals surface area contributed by atoms with E-state index in [9.17, 15) is 0 Å². The molecule has 3 nitrogen and oxygen atoms in total. The fourth-order valence-corrected chi connectivity index (χ4v) is 10.7. The summed E-state index contributed by atoms with van der Waals surface area (Å²) in [6.07, 6.45) is 17.6. The maximum atomic E-state index is 15.4. The van der Waals surface area contributed by atoms with Crippen LogP contribution in [0, 0.1) is 34.5 Å². The smallest absolute Gasteiger partial charge is 0.140 e. The molecule has 4 unspecified atom stereocenters. The highest BCUT2D eigenvalue weighted by Crippen LogP contribution is 2.60. The lowest BCUT2D eigenvalue weighted by Gasteiger charge is -2.55. The highest BCUT2D eigenvalue weighted by molar-refractivity contribution is 5.85. The molecule has 264 valence electrons. The number of alkyl halides is 2. The van der Waals surface area contributed by atoms with E-state index >= 15 is 13.6 Å². The number of Topliss-reactive ketones (excluding diaryl/α,β-unsaturated/α-hetero) is 1. The molecule has 0 heterocycles. The van der Waals surface area contributed by atoms with Gasteiger partial charge in [-0.05, 0) is 174 Å². The van der Waals surface area contributed by atoms with Gasteiger partial charge in [0, 0.05) is 24.7 Å². The molecular weight excluding hydrogens is 602 g/mol. The third-order valence-electron chi connectivity index (χ3n) is 13.7. The van der Waals surface area contributed by atoms with Crippen LogP contribution in [0.3, 0.4) is 0 Å². The summed E-state index contributed by atoms with van der Waals surface area (Å²) in [5.41, 5.74) is 2.16. The predicted octanol–water partition coefficient (Wildman–Crippen LogP) is 11.2. The fourth-order valence-electron chi connectivity index (χ4n) is 10.7. The molecule has 6 fully saturated rings. The molecule has 6 aliphatic rings. The number of carbonyl (C=O) groups is 1. The van der Waals surface area contributed by atoms with Gasteiger partial charge in [-0.25, -0.2) is 8.78 Å². The quantitative estimate of drug-likeness (QED) is 0.159. The summed E-state index contributed by atoms with van der Waals surface area (Å²) in [5, 5.41) is 0. The van der Waals surface area contributed by atoms with E-state index in [-0.39, 0.29) is 22.7 Å². The minimum atomic E-state index is -0.913. The molecular formula is C43H60F2O3. The lowest BCUT2D eigenvalue weighted by atomic mass is 9.49. The molecule has 0 N–H and O–H groups in total. The van der Waals surface area contributed by atoms with Gasteiger partial charge in [0.2, 0.25) is 0 Å². The van der Waals surface area contributed by atoms with Crippen LogP contribution < -0.4 is 9.47 Å². The molecule has 4 bridgehead atoms. The van der Waals surface area contributed by atoms with Gasteiger partial charge in [0.25, 0.3) is 0 Å². The maximum absolute atomic E-state index is 15.4. The summed E-state index contributed by atoms with van der Waals surface area (Å²) in [7, 11) is 3.29. The van der Waals surface area contributed by atoms with Gasteiger partial charge in [0.05, 0.1) is 14.2 Å². The molecule has 2 aromatic rings. The molecule has 6 saturated carbocycles. The van der Waals surface area contributed by atoms with Crippen molar-refractivity contribution in [2.45, 2.75) is 141 Å². The number of rotatable bonds is 18. The van der Waals surface area contributed by atoms with Gasteiger partial charge in [-0.2, -0.15) is 0 Å². The van der Waals surface area contributed by atoms with Crippen molar-refractivity contribution >= 4 is 5.78 Å². The summed E-state index contributed by atoms with van der Waals surface area (Å²) < 4.78 is 41.3. The first-order chi connectivity index (χ1) is 23.3. The molecule has 4 atom stereocenters. The van der Waals surface area contributed by atoms with Crippen molar-refractivity contribution in [1.82, 2.24) is 0 Å². The standard InChI is InChI=1S/C43H60F2O3/c1-47-37-13-9-33(10-14-37)29-35(44)5-3-7-39(42-23-17-31(18-24-42)19-25-42)41(46)40(43-26-20-32(21-27-43)22-28-43)8-4-6-36(45)30-34-11-15-38(48-2)16-12-34/h9-16,31-32,35-36,39-40H,3-8,17-30H2,1-2H3. The Hall–Kier alpha value is -2.43. The van der Waals surface area contributed by atoms with Crippen LogP contribution in [0.2, 0.25) is 0 Å². The average Bonchev–Trinajstić information content (AvgIpc) is 3.13. The zero-order valence-corrected chi connectivity index (χ0v) is 29.7. The van der Waals surface area contributed by atoms with Crippen LogP contribution in [-0.4, -0.2) is 32.3 Å². The summed E-state index contributed by atoms with van der Waals surface area (Å²) in [6.45, 7) is 0. The van der Waals surface area contributed by atoms with Crippen molar-refractivity contribution in [3.63, 3.8) is 0 Å². The van der Waals surface area contributed by atoms with Gasteiger partial charge < -0.3 is 9.47 Å². The lowest BCUT2D eigenvalue weighted by Crippen LogP contribution is -2.50. The Labute approximate surface area is 288 Å². The lowest BCUT2D eigenvalue weighted by molar-refractivity contribution is -0.144. The topological polar surface area (TPSA) is 35.5 Å². The average molecular weight is 663 g/mol. The van der Waals surface area contributed by atoms with Crippen molar-refractivity contribution < 1.29 is 23.0 Å². The number of fused-ring (bicyclic) bond motifs is 6. The molecule has 0 saturated heterocycles. The number of halogens is 2. The first kappa shape index (κ1) is 35.4. The van der Waals surface area contributed by atoms with Crippen molar-refractivity contribution in [1.29, 1.82) is 0 Å². The van der Waals surface area contributed by atoms with Crippen molar-refractivity contribution in [3.05, 3.63) is 59.7 Å². The molecule has 0 amide bonds. The van der Waals surface area contributed by atoms with Crippen molar-refractivity contribution in [3.8, 4) is 11.5 Å². The highest BCUT2D eigenvalue weighted by Gasteiger charge is 2.54. The minimum absolute atomic E-state index is 0.0198. The number of hydrogen-bond donors (Lipinski definition) is 0. The van der Waals surface area contributed by atoms with E-state index in [1.54, 1.807) is 14.2 Å². The number of benzene rings is 2. The fraction of sp³-hybridized carbons (Fsp3) is 0.698. The first-order valence-electron chi connectivity index (χ1n) is 19.4. The SMILES string of the molecule is COc1ccc(CC(F)CCCC(C(=O)C(CCCC(F)Cc2ccc(OC)cc2)C23CCC(CC2)CC3)C23CCC(CC2)CC3)cc1. The maximum Gasteiger partial charge on any atom is 0.140 e. The van der Waals surface area contributed by atoms with Gasteiger partial charge >= 0.3 is 0 Å². The van der Waals surface area contributed by atoms with Gasteiger partial charge in [0.15, 0.2) is 0 Å². The Morgan fingerprint density at radius 1 is 0.604 bits per heavy atom. The molecule has 5 heteroatoms. The summed E-state index contributed by atoms with van der Waals surface area (Å²) in [4.78, 5) is 15.2. The van der Waals surface area contributed by atoms with Crippen LogP contribution in [0.1, 0.15) is 127 Å². The van der Waals surface area contributed by atoms with Crippen LogP contribution in [0.5, 0.6) is 11.5 Å². The van der Waals surface area contributed by atoms with Crippen LogP contribution >= 0.6 is 0 Å². The normalized spacial score (nSPS) is 28.8. The number of ketones is 1. The second-order valence-electron chi connectivity index (χ2n) is 16.4. The number of ether oxygens (including phenoxy) is 2. The molecule has 48 heavy (non-hydrogen) atoms. The highest BCUT2D eigenvalue weighted by atomic mass is 19.1. The van der Waals surface area contributed by atoms with Crippen LogP contribution in [0.25, 0.3) is 0 Å². The number of carbonyl (C=O) groups excluding carboxylic acids is 1. The first-order valence-corrected chi connectivity index (χ1v) is 19.4. The van der Waals surface area contributed by atoms with E-state index in [4.69, 9.17) is 9.47 Å². The van der Waals surface area contributed by atoms with Gasteiger partial charge in [-0.15, -0.1) is 0 Å². The zero-order chi connectivity index (χ0) is 33.6. The number of methoxy groups -OCH3 is 2. The Balaban J connectivity index is 1.14. The third-order valence-corrected chi connectivity index (χ3v) is 13.7. The predicted molar refractivity (Wildman–Crippen MR) is 190 cm³/mol. The van der Waals surface area contributed by atoms with E-state index in [0.29, 0.717) is 31.5 Å². The van der Waals surface area contributed by atoms with Gasteiger partial charge in [-0.3, -0.25) is 4.79 Å². The third kappa shape index (κ3) is 8.29. The van der Waals surface area contributed by atoms with Crippen molar-refractivity contribution in [2.75, 3.05) is 14.2 Å². The number of hydrogen-bond acceptors (Lipinski definition) is 3. The van der Waals surface area contributed by atoms with E-state index in [2.05, 4.69) is 0 Å². The monoisotopic (exact) mass is 662 g/mol. The molecule has 8 rings (SSSR count). The van der Waals surface area contributed by atoms with Gasteiger partial charge in [0.1, 0.15) is 29.6 Å². The summed E-state index contributed by atoms with van der Waals surface area (Å²) in [5.74, 6) is 3.77. The molecule has 0 aliphatic heterocycles. The molecule has 2 aromatic carbocycles. The Morgan fingerprint density at radius 3 is 1.25 bits per heavy atom. The summed E-state index contributed by atoms with van der Waals surface area (Å²) in [6, 6.07) is 15.4. The summed E-state index contributed by atoms with van der Waals surface area (Å²) >= 11 is 0. The van der Waals surface area contributed by atoms with E-state index in [1.807, 2.05) is 48.5 Å². The second kappa shape index (κ2) is 16.1. The Kier molecular flexibility index (Phi) is 11.8. The zero-order valence-electron chi connectivity index (χ0n) is 29.7. The van der Waals surface area contributed by atoms with Crippen molar-refractivity contribution in [2.24, 2.45) is 34.5 Å². The van der Waals surface area contributed by atoms with Crippen LogP contribution in [0.15, 0.2) is 48.5 Å². The van der Waals surface area contributed by atoms with E-state index < -0.39 is 12.3 Å². The Morgan fingerprint density at radius 2 is 0.938 bits per heavy atom. The van der Waals surface area contributed by atoms with Crippen LogP contribution in [-0.2, 0) is 17.6 Å². The molecule has 0 spiro atoms. The second-order valence-corrected chi connectivity index (χ2v) is 16.4.